The molecule has 0 spiro atoms. The molecule has 0 unspecified atom stereocenters. The van der Waals surface area contributed by atoms with Gasteiger partial charge in [0.15, 0.2) is 0 Å². The Kier molecular flexibility index (Phi) is 5.17. The zero-order valence-corrected chi connectivity index (χ0v) is 12.6. The molecule has 0 saturated carbocycles. The maximum atomic E-state index is 11.5. The second-order valence-corrected chi connectivity index (χ2v) is 5.70. The number of nitrogens with one attached hydrogen (secondary N) is 1. The van der Waals surface area contributed by atoms with Gasteiger partial charge in [-0.2, -0.15) is 0 Å². The van der Waals surface area contributed by atoms with Crippen LogP contribution in [0.3, 0.4) is 0 Å². The van der Waals surface area contributed by atoms with E-state index >= 15 is 0 Å². The van der Waals surface area contributed by atoms with E-state index in [1.165, 1.54) is 0 Å². The molecule has 1 aromatic rings. The van der Waals surface area contributed by atoms with E-state index in [4.69, 9.17) is 15.3 Å². The molecule has 1 aliphatic heterocycles. The predicted molar refractivity (Wildman–Crippen MR) is 80.1 cm³/mol. The smallest absolute Gasteiger partial charge is 0.265 e. The van der Waals surface area contributed by atoms with Crippen LogP contribution in [0.15, 0.2) is 24.3 Å². The SMILES string of the molecule is CC1(C)COCCN1CCOc1cccc(C(=O)NN)c1. The molecule has 0 atom stereocenters. The van der Waals surface area contributed by atoms with Gasteiger partial charge < -0.3 is 9.47 Å². The van der Waals surface area contributed by atoms with Crippen molar-refractivity contribution in [1.29, 1.82) is 0 Å². The van der Waals surface area contributed by atoms with Gasteiger partial charge in [-0.3, -0.25) is 15.1 Å². The van der Waals surface area contributed by atoms with E-state index < -0.39 is 0 Å². The van der Waals surface area contributed by atoms with Crippen LogP contribution in [0, 0.1) is 0 Å². The van der Waals surface area contributed by atoms with Crippen LogP contribution in [0.5, 0.6) is 5.75 Å². The molecule has 0 aromatic heterocycles. The van der Waals surface area contributed by atoms with Gasteiger partial charge in [0.25, 0.3) is 5.91 Å². The number of nitrogens with zero attached hydrogens (tertiary/aromatic N) is 1. The Hall–Kier alpha value is -1.63. The largest absolute Gasteiger partial charge is 0.492 e. The molecule has 1 saturated heterocycles. The number of morpholine rings is 1. The minimum absolute atomic E-state index is 0.0306. The van der Waals surface area contributed by atoms with Crippen molar-refractivity contribution in [2.24, 2.45) is 5.84 Å². The lowest BCUT2D eigenvalue weighted by Crippen LogP contribution is -2.54. The van der Waals surface area contributed by atoms with E-state index in [-0.39, 0.29) is 11.4 Å². The van der Waals surface area contributed by atoms with Crippen molar-refractivity contribution >= 4 is 5.91 Å². The summed E-state index contributed by atoms with van der Waals surface area (Å²) in [6.07, 6.45) is 0. The van der Waals surface area contributed by atoms with Crippen molar-refractivity contribution in [2.45, 2.75) is 19.4 Å². The molecule has 1 aliphatic rings. The van der Waals surface area contributed by atoms with Crippen molar-refractivity contribution < 1.29 is 14.3 Å². The van der Waals surface area contributed by atoms with Crippen molar-refractivity contribution in [3.8, 4) is 5.75 Å². The fourth-order valence-electron chi connectivity index (χ4n) is 2.39. The van der Waals surface area contributed by atoms with Crippen LogP contribution in [0.1, 0.15) is 24.2 Å². The molecular formula is C15H23N3O3. The molecule has 0 aliphatic carbocycles. The highest BCUT2D eigenvalue weighted by Gasteiger charge is 2.29. The Labute approximate surface area is 125 Å². The summed E-state index contributed by atoms with van der Waals surface area (Å²) in [5.74, 6) is 5.47. The first-order chi connectivity index (χ1) is 10.0. The molecule has 1 aromatic carbocycles. The van der Waals surface area contributed by atoms with Crippen LogP contribution >= 0.6 is 0 Å². The standard InChI is InChI=1S/C15H23N3O3/c1-15(2)11-20-8-6-18(15)7-9-21-13-5-3-4-12(10-13)14(19)17-16/h3-5,10H,6-9,11,16H2,1-2H3,(H,17,19). The van der Waals surface area contributed by atoms with Gasteiger partial charge in [-0.15, -0.1) is 0 Å². The highest BCUT2D eigenvalue weighted by molar-refractivity contribution is 5.94. The Bertz CT molecular complexity index is 491. The summed E-state index contributed by atoms with van der Waals surface area (Å²) < 4.78 is 11.2. The number of benzene rings is 1. The number of nitrogen functional groups attached to an aromatic ring is 1. The molecule has 1 amide bonds. The van der Waals surface area contributed by atoms with Gasteiger partial charge in [0, 0.05) is 24.2 Å². The minimum atomic E-state index is -0.324. The van der Waals surface area contributed by atoms with Crippen LogP contribution in [-0.2, 0) is 4.74 Å². The maximum absolute atomic E-state index is 11.5. The molecule has 0 bridgehead atoms. The first-order valence-corrected chi connectivity index (χ1v) is 7.09. The molecule has 6 heteroatoms. The van der Waals surface area contributed by atoms with Crippen molar-refractivity contribution in [1.82, 2.24) is 10.3 Å². The average molecular weight is 293 g/mol. The number of hydrogen-bond donors (Lipinski definition) is 2. The fourth-order valence-corrected chi connectivity index (χ4v) is 2.39. The summed E-state index contributed by atoms with van der Waals surface area (Å²) in [4.78, 5) is 13.8. The highest BCUT2D eigenvalue weighted by Crippen LogP contribution is 2.19. The van der Waals surface area contributed by atoms with E-state index in [1.54, 1.807) is 18.2 Å². The van der Waals surface area contributed by atoms with E-state index in [0.29, 0.717) is 17.9 Å². The quantitative estimate of drug-likeness (QED) is 0.476. The van der Waals surface area contributed by atoms with Crippen LogP contribution in [0.25, 0.3) is 0 Å². The number of hydrazine groups is 1. The third kappa shape index (κ3) is 4.17. The lowest BCUT2D eigenvalue weighted by atomic mass is 10.0. The summed E-state index contributed by atoms with van der Waals surface area (Å²) in [7, 11) is 0. The Morgan fingerprint density at radius 2 is 2.33 bits per heavy atom. The normalized spacial score (nSPS) is 18.2. The maximum Gasteiger partial charge on any atom is 0.265 e. The van der Waals surface area contributed by atoms with Gasteiger partial charge in [0.2, 0.25) is 0 Å². The molecular weight excluding hydrogens is 270 g/mol. The van der Waals surface area contributed by atoms with Gasteiger partial charge in [0.05, 0.1) is 13.2 Å². The Balaban J connectivity index is 1.87. The summed E-state index contributed by atoms with van der Waals surface area (Å²) in [6, 6.07) is 6.99. The van der Waals surface area contributed by atoms with E-state index in [1.807, 2.05) is 6.07 Å². The number of carbonyl (C=O) groups excluding carboxylic acids is 1. The molecule has 116 valence electrons. The molecule has 1 fully saturated rings. The Morgan fingerprint density at radius 1 is 1.52 bits per heavy atom. The topological polar surface area (TPSA) is 76.8 Å². The molecule has 0 radical (unpaired) electrons. The predicted octanol–water partition coefficient (Wildman–Crippen LogP) is 0.780. The zero-order chi connectivity index (χ0) is 15.3. The van der Waals surface area contributed by atoms with Crippen LogP contribution in [-0.4, -0.2) is 49.3 Å². The number of nitrogens with two attached hydrogens (primary N) is 1. The summed E-state index contributed by atoms with van der Waals surface area (Å²) in [5, 5.41) is 0. The van der Waals surface area contributed by atoms with Crippen molar-refractivity contribution in [2.75, 3.05) is 32.9 Å². The van der Waals surface area contributed by atoms with Crippen LogP contribution < -0.4 is 16.0 Å². The summed E-state index contributed by atoms with van der Waals surface area (Å²) in [5.41, 5.74) is 2.63. The molecule has 3 N–H and O–H groups in total. The van der Waals surface area contributed by atoms with Gasteiger partial charge >= 0.3 is 0 Å². The van der Waals surface area contributed by atoms with Crippen molar-refractivity contribution in [3.63, 3.8) is 0 Å². The molecule has 21 heavy (non-hydrogen) atoms. The first kappa shape index (κ1) is 15.8. The zero-order valence-electron chi connectivity index (χ0n) is 12.6. The van der Waals surface area contributed by atoms with Gasteiger partial charge in [-0.25, -0.2) is 5.84 Å². The van der Waals surface area contributed by atoms with Gasteiger partial charge in [-0.05, 0) is 32.0 Å². The fraction of sp³-hybridized carbons (Fsp3) is 0.533. The highest BCUT2D eigenvalue weighted by atomic mass is 16.5. The average Bonchev–Trinajstić information content (AvgIpc) is 2.48. The van der Waals surface area contributed by atoms with Crippen LogP contribution in [0.2, 0.25) is 0 Å². The molecule has 6 nitrogen and oxygen atoms in total. The monoisotopic (exact) mass is 293 g/mol. The van der Waals surface area contributed by atoms with Gasteiger partial charge in [-0.1, -0.05) is 6.07 Å². The lowest BCUT2D eigenvalue weighted by Gasteiger charge is -2.41. The second kappa shape index (κ2) is 6.89. The van der Waals surface area contributed by atoms with E-state index in [9.17, 15) is 4.79 Å². The third-order valence-corrected chi connectivity index (χ3v) is 3.67. The lowest BCUT2D eigenvalue weighted by molar-refractivity contribution is -0.0547. The van der Waals surface area contributed by atoms with E-state index in [2.05, 4.69) is 24.2 Å². The summed E-state index contributed by atoms with van der Waals surface area (Å²) in [6.45, 7) is 8.12. The number of carbonyl (C=O) groups is 1. The van der Waals surface area contributed by atoms with E-state index in [0.717, 1.165) is 26.3 Å². The number of ether oxygens (including phenoxy) is 2. The number of hydrogen-bond acceptors (Lipinski definition) is 5. The molecule has 1 heterocycles. The van der Waals surface area contributed by atoms with Crippen LogP contribution in [0.4, 0.5) is 0 Å². The second-order valence-electron chi connectivity index (χ2n) is 5.70. The number of rotatable bonds is 5. The van der Waals surface area contributed by atoms with Gasteiger partial charge in [0.1, 0.15) is 12.4 Å². The number of amides is 1. The summed E-state index contributed by atoms with van der Waals surface area (Å²) >= 11 is 0. The van der Waals surface area contributed by atoms with Crippen molar-refractivity contribution in [3.05, 3.63) is 29.8 Å². The molecule has 2 rings (SSSR count). The Morgan fingerprint density at radius 3 is 3.05 bits per heavy atom. The third-order valence-electron chi connectivity index (χ3n) is 3.67. The minimum Gasteiger partial charge on any atom is -0.492 e. The first-order valence-electron chi connectivity index (χ1n) is 7.09.